The van der Waals surface area contributed by atoms with Crippen LogP contribution in [0.15, 0.2) is 0 Å². The first kappa shape index (κ1) is 10.8. The quantitative estimate of drug-likeness (QED) is 0.588. The van der Waals surface area contributed by atoms with Crippen LogP contribution >= 0.6 is 11.6 Å². The van der Waals surface area contributed by atoms with Crippen LogP contribution in [0, 0.1) is 0 Å². The van der Waals surface area contributed by atoms with Gasteiger partial charge in [0.05, 0.1) is 0 Å². The number of nitrogens with zero attached hydrogens (tertiary/aromatic N) is 1. The van der Waals surface area contributed by atoms with E-state index >= 15 is 0 Å². The third-order valence-electron chi connectivity index (χ3n) is 1.59. The van der Waals surface area contributed by atoms with Gasteiger partial charge in [-0.25, -0.2) is 0 Å². The lowest BCUT2D eigenvalue weighted by atomic mass is 10.2. The van der Waals surface area contributed by atoms with Crippen molar-refractivity contribution in [3.05, 3.63) is 0 Å². The van der Waals surface area contributed by atoms with Crippen LogP contribution in [0.1, 0.15) is 26.2 Å². The van der Waals surface area contributed by atoms with Gasteiger partial charge in [0.25, 0.3) is 0 Å². The van der Waals surface area contributed by atoms with Crippen LogP contribution in [-0.4, -0.2) is 30.3 Å². The van der Waals surface area contributed by atoms with Gasteiger partial charge in [-0.2, -0.15) is 0 Å². The highest BCUT2D eigenvalue weighted by molar-refractivity contribution is 6.18. The molecule has 0 fully saturated rings. The van der Waals surface area contributed by atoms with E-state index in [1.54, 1.807) is 11.9 Å². The predicted molar refractivity (Wildman–Crippen MR) is 47.9 cm³/mol. The molecule has 0 bridgehead atoms. The molecular formula is C8H16ClNO. The van der Waals surface area contributed by atoms with Crippen molar-refractivity contribution in [2.24, 2.45) is 0 Å². The molecule has 0 heterocycles. The van der Waals surface area contributed by atoms with E-state index in [1.165, 1.54) is 0 Å². The largest absolute Gasteiger partial charge is 0.345 e. The van der Waals surface area contributed by atoms with E-state index in [2.05, 4.69) is 6.92 Å². The van der Waals surface area contributed by atoms with E-state index in [0.29, 0.717) is 18.8 Å². The Hall–Kier alpha value is -0.240. The molecule has 0 saturated heterocycles. The summed E-state index contributed by atoms with van der Waals surface area (Å²) in [6.07, 6.45) is 2.70. The van der Waals surface area contributed by atoms with Crippen molar-refractivity contribution in [3.8, 4) is 0 Å². The van der Waals surface area contributed by atoms with Crippen molar-refractivity contribution in [2.45, 2.75) is 26.2 Å². The normalized spacial score (nSPS) is 9.73. The van der Waals surface area contributed by atoms with E-state index in [-0.39, 0.29) is 5.91 Å². The Labute approximate surface area is 73.5 Å². The summed E-state index contributed by atoms with van der Waals surface area (Å²) in [5, 5.41) is 0. The molecule has 1 amide bonds. The Bertz CT molecular complexity index is 117. The molecule has 66 valence electrons. The van der Waals surface area contributed by atoms with Gasteiger partial charge in [-0.3, -0.25) is 4.79 Å². The molecule has 0 aliphatic rings. The van der Waals surface area contributed by atoms with E-state index in [0.717, 1.165) is 12.8 Å². The lowest BCUT2D eigenvalue weighted by molar-refractivity contribution is -0.129. The van der Waals surface area contributed by atoms with Crippen molar-refractivity contribution < 1.29 is 4.79 Å². The Morgan fingerprint density at radius 3 is 2.64 bits per heavy atom. The van der Waals surface area contributed by atoms with Gasteiger partial charge < -0.3 is 4.90 Å². The summed E-state index contributed by atoms with van der Waals surface area (Å²) in [6.45, 7) is 2.74. The summed E-state index contributed by atoms with van der Waals surface area (Å²) in [4.78, 5) is 12.8. The van der Waals surface area contributed by atoms with E-state index in [9.17, 15) is 4.79 Å². The van der Waals surface area contributed by atoms with Gasteiger partial charge in [0, 0.05) is 25.9 Å². The first-order valence-electron chi connectivity index (χ1n) is 4.02. The van der Waals surface area contributed by atoms with Crippen molar-refractivity contribution in [2.75, 3.05) is 19.5 Å². The summed E-state index contributed by atoms with van der Waals surface area (Å²) in [6, 6.07) is 0. The van der Waals surface area contributed by atoms with Gasteiger partial charge >= 0.3 is 0 Å². The summed E-state index contributed by atoms with van der Waals surface area (Å²) in [5.74, 6) is 0.724. The molecule has 0 aromatic carbocycles. The molecule has 0 spiro atoms. The molecule has 0 atom stereocenters. The molecule has 0 saturated carbocycles. The second-order valence-electron chi connectivity index (χ2n) is 2.61. The molecule has 0 aromatic rings. The van der Waals surface area contributed by atoms with Crippen molar-refractivity contribution in [1.82, 2.24) is 4.90 Å². The molecule has 0 unspecified atom stereocenters. The minimum atomic E-state index is 0.201. The number of alkyl halides is 1. The number of halogens is 1. The summed E-state index contributed by atoms with van der Waals surface area (Å²) < 4.78 is 0. The van der Waals surface area contributed by atoms with Crippen LogP contribution in [0.4, 0.5) is 0 Å². The Balaban J connectivity index is 3.47. The fourth-order valence-corrected chi connectivity index (χ4v) is 1.02. The zero-order chi connectivity index (χ0) is 8.69. The third-order valence-corrected chi connectivity index (χ3v) is 1.76. The van der Waals surface area contributed by atoms with Crippen LogP contribution in [0.2, 0.25) is 0 Å². The van der Waals surface area contributed by atoms with Crippen LogP contribution in [0.3, 0.4) is 0 Å². The highest BCUT2D eigenvalue weighted by atomic mass is 35.5. The fraction of sp³-hybridized carbons (Fsp3) is 0.875. The lowest BCUT2D eigenvalue weighted by Gasteiger charge is -2.14. The molecule has 0 aliphatic carbocycles. The average molecular weight is 178 g/mol. The van der Waals surface area contributed by atoms with Crippen molar-refractivity contribution in [3.63, 3.8) is 0 Å². The Morgan fingerprint density at radius 1 is 1.55 bits per heavy atom. The zero-order valence-electron chi connectivity index (χ0n) is 7.27. The SMILES string of the molecule is CCCCC(=O)N(C)CCCl. The molecule has 0 rings (SSSR count). The van der Waals surface area contributed by atoms with Crippen LogP contribution in [0.25, 0.3) is 0 Å². The number of unbranched alkanes of at least 4 members (excludes halogenated alkanes) is 1. The Morgan fingerprint density at radius 2 is 2.18 bits per heavy atom. The van der Waals surface area contributed by atoms with Gasteiger partial charge in [-0.15, -0.1) is 11.6 Å². The van der Waals surface area contributed by atoms with Gasteiger partial charge in [0.2, 0.25) is 5.91 Å². The first-order chi connectivity index (χ1) is 5.22. The summed E-state index contributed by atoms with van der Waals surface area (Å²) >= 11 is 5.48. The molecular weight excluding hydrogens is 162 g/mol. The monoisotopic (exact) mass is 177 g/mol. The maximum absolute atomic E-state index is 11.2. The van der Waals surface area contributed by atoms with E-state index in [1.807, 2.05) is 0 Å². The molecule has 0 aliphatic heterocycles. The topological polar surface area (TPSA) is 20.3 Å². The molecule has 0 radical (unpaired) electrons. The second kappa shape index (κ2) is 6.47. The maximum Gasteiger partial charge on any atom is 0.222 e. The van der Waals surface area contributed by atoms with Gasteiger partial charge in [0.1, 0.15) is 0 Å². The van der Waals surface area contributed by atoms with Crippen molar-refractivity contribution in [1.29, 1.82) is 0 Å². The summed E-state index contributed by atoms with van der Waals surface area (Å²) in [7, 11) is 1.79. The van der Waals surface area contributed by atoms with Crippen molar-refractivity contribution >= 4 is 17.5 Å². The van der Waals surface area contributed by atoms with Crippen LogP contribution < -0.4 is 0 Å². The Kier molecular flexibility index (Phi) is 6.33. The number of hydrogen-bond acceptors (Lipinski definition) is 1. The van der Waals surface area contributed by atoms with Gasteiger partial charge in [-0.05, 0) is 6.42 Å². The number of amides is 1. The smallest absolute Gasteiger partial charge is 0.222 e. The molecule has 2 nitrogen and oxygen atoms in total. The minimum Gasteiger partial charge on any atom is -0.345 e. The van der Waals surface area contributed by atoms with Gasteiger partial charge in [0.15, 0.2) is 0 Å². The number of carbonyl (C=O) groups is 1. The predicted octanol–water partition coefficient (Wildman–Crippen LogP) is 1.87. The van der Waals surface area contributed by atoms with E-state index in [4.69, 9.17) is 11.6 Å². The third kappa shape index (κ3) is 5.08. The summed E-state index contributed by atoms with van der Waals surface area (Å²) in [5.41, 5.74) is 0. The second-order valence-corrected chi connectivity index (χ2v) is 2.99. The molecule has 0 N–H and O–H groups in total. The minimum absolute atomic E-state index is 0.201. The number of carbonyl (C=O) groups excluding carboxylic acids is 1. The highest BCUT2D eigenvalue weighted by Gasteiger charge is 2.05. The fourth-order valence-electron chi connectivity index (χ4n) is 0.770. The first-order valence-corrected chi connectivity index (χ1v) is 4.55. The highest BCUT2D eigenvalue weighted by Crippen LogP contribution is 1.98. The molecule has 11 heavy (non-hydrogen) atoms. The number of rotatable bonds is 5. The standard InChI is InChI=1S/C8H16ClNO/c1-3-4-5-8(11)10(2)7-6-9/h3-7H2,1-2H3. The average Bonchev–Trinajstić information content (AvgIpc) is 2.00. The lowest BCUT2D eigenvalue weighted by Crippen LogP contribution is -2.28. The van der Waals surface area contributed by atoms with Gasteiger partial charge in [-0.1, -0.05) is 13.3 Å². The van der Waals surface area contributed by atoms with Crippen LogP contribution in [0.5, 0.6) is 0 Å². The molecule has 0 aromatic heterocycles. The number of hydrogen-bond donors (Lipinski definition) is 0. The van der Waals surface area contributed by atoms with E-state index < -0.39 is 0 Å². The molecule has 3 heteroatoms. The zero-order valence-corrected chi connectivity index (χ0v) is 8.02. The van der Waals surface area contributed by atoms with Crippen LogP contribution in [-0.2, 0) is 4.79 Å². The maximum atomic E-state index is 11.2.